The number of hydrogen-bond acceptors (Lipinski definition) is 2. The van der Waals surface area contributed by atoms with Crippen LogP contribution in [0.1, 0.15) is 19.3 Å². The zero-order valence-electron chi connectivity index (χ0n) is 6.94. The summed E-state index contributed by atoms with van der Waals surface area (Å²) in [5.41, 5.74) is 4.99. The molecule has 4 heteroatoms. The Labute approximate surface area is 71.4 Å². The number of carbonyl (C=O) groups is 1. The van der Waals surface area contributed by atoms with Crippen molar-refractivity contribution in [3.05, 3.63) is 18.5 Å². The van der Waals surface area contributed by atoms with Gasteiger partial charge in [0.15, 0.2) is 0 Å². The third-order valence-electron chi connectivity index (χ3n) is 1.62. The summed E-state index contributed by atoms with van der Waals surface area (Å²) in [6.45, 7) is 0.861. The average Bonchev–Trinajstić information content (AvgIpc) is 2.49. The van der Waals surface area contributed by atoms with Crippen molar-refractivity contribution in [2.24, 2.45) is 5.73 Å². The summed E-state index contributed by atoms with van der Waals surface area (Å²) >= 11 is 0. The number of rotatable bonds is 5. The number of hydrogen-bond donors (Lipinski definition) is 1. The van der Waals surface area contributed by atoms with Crippen molar-refractivity contribution in [3.8, 4) is 0 Å². The van der Waals surface area contributed by atoms with Crippen molar-refractivity contribution in [2.45, 2.75) is 25.8 Å². The summed E-state index contributed by atoms with van der Waals surface area (Å²) in [5.74, 6) is -0.226. The molecule has 0 aromatic carbocycles. The number of nitrogens with zero attached hydrogens (tertiary/aromatic N) is 2. The van der Waals surface area contributed by atoms with Crippen molar-refractivity contribution in [1.82, 2.24) is 9.78 Å². The molecule has 0 saturated heterocycles. The largest absolute Gasteiger partial charge is 0.370 e. The van der Waals surface area contributed by atoms with Crippen molar-refractivity contribution in [1.29, 1.82) is 0 Å². The minimum atomic E-state index is -0.226. The van der Waals surface area contributed by atoms with Crippen LogP contribution in [0.4, 0.5) is 0 Å². The lowest BCUT2D eigenvalue weighted by atomic mass is 10.2. The Kier molecular flexibility index (Phi) is 3.32. The number of nitrogens with two attached hydrogens (primary N) is 1. The zero-order chi connectivity index (χ0) is 8.81. The monoisotopic (exact) mass is 167 g/mol. The van der Waals surface area contributed by atoms with Crippen LogP contribution in [0.15, 0.2) is 18.5 Å². The summed E-state index contributed by atoms with van der Waals surface area (Å²) in [7, 11) is 0. The molecule has 4 nitrogen and oxygen atoms in total. The quantitative estimate of drug-likeness (QED) is 0.650. The molecule has 0 atom stereocenters. The van der Waals surface area contributed by atoms with E-state index in [4.69, 9.17) is 5.73 Å². The van der Waals surface area contributed by atoms with E-state index in [-0.39, 0.29) is 5.91 Å². The molecule has 0 aliphatic heterocycles. The Bertz CT molecular complexity index is 230. The Morgan fingerprint density at radius 2 is 2.33 bits per heavy atom. The third-order valence-corrected chi connectivity index (χ3v) is 1.62. The van der Waals surface area contributed by atoms with E-state index in [1.165, 1.54) is 0 Å². The molecule has 66 valence electrons. The van der Waals surface area contributed by atoms with E-state index in [1.807, 2.05) is 16.9 Å². The van der Waals surface area contributed by atoms with Crippen LogP contribution in [-0.4, -0.2) is 15.7 Å². The Balaban J connectivity index is 2.07. The highest BCUT2D eigenvalue weighted by Gasteiger charge is 1.94. The smallest absolute Gasteiger partial charge is 0.217 e. The summed E-state index contributed by atoms with van der Waals surface area (Å²) in [4.78, 5) is 10.4. The van der Waals surface area contributed by atoms with Gasteiger partial charge in [-0.3, -0.25) is 9.48 Å². The molecule has 0 spiro atoms. The predicted molar refractivity (Wildman–Crippen MR) is 45.3 cm³/mol. The van der Waals surface area contributed by atoms with E-state index in [2.05, 4.69) is 5.10 Å². The maximum absolute atomic E-state index is 10.4. The number of aromatic nitrogens is 2. The molecule has 0 aliphatic rings. The molecule has 1 heterocycles. The predicted octanol–water partition coefficient (Wildman–Crippen LogP) is 0.539. The van der Waals surface area contributed by atoms with E-state index >= 15 is 0 Å². The summed E-state index contributed by atoms with van der Waals surface area (Å²) < 4.78 is 1.85. The molecule has 1 aromatic heterocycles. The fourth-order valence-electron chi connectivity index (χ4n) is 1.01. The number of carbonyl (C=O) groups excluding carboxylic acids is 1. The standard InChI is InChI=1S/C8H13N3O/c9-8(12)4-1-2-6-11-7-3-5-10-11/h3,5,7H,1-2,4,6H2,(H2,9,12). The maximum atomic E-state index is 10.4. The van der Waals surface area contributed by atoms with Gasteiger partial charge in [0.1, 0.15) is 0 Å². The first-order valence-electron chi connectivity index (χ1n) is 4.05. The van der Waals surface area contributed by atoms with Gasteiger partial charge in [0.2, 0.25) is 5.91 Å². The van der Waals surface area contributed by atoms with Crippen LogP contribution in [-0.2, 0) is 11.3 Å². The zero-order valence-corrected chi connectivity index (χ0v) is 6.94. The van der Waals surface area contributed by atoms with Gasteiger partial charge >= 0.3 is 0 Å². The lowest BCUT2D eigenvalue weighted by Gasteiger charge is -1.99. The first-order valence-corrected chi connectivity index (χ1v) is 4.05. The molecular formula is C8H13N3O. The summed E-state index contributed by atoms with van der Waals surface area (Å²) in [5, 5.41) is 4.03. The normalized spacial score (nSPS) is 10.0. The molecule has 0 radical (unpaired) electrons. The molecule has 1 amide bonds. The van der Waals surface area contributed by atoms with Gasteiger partial charge in [-0.05, 0) is 18.9 Å². The van der Waals surface area contributed by atoms with E-state index in [0.29, 0.717) is 6.42 Å². The highest BCUT2D eigenvalue weighted by molar-refractivity contribution is 5.73. The topological polar surface area (TPSA) is 60.9 Å². The minimum absolute atomic E-state index is 0.226. The van der Waals surface area contributed by atoms with Crippen molar-refractivity contribution < 1.29 is 4.79 Å². The lowest BCUT2D eigenvalue weighted by molar-refractivity contribution is -0.118. The molecule has 0 saturated carbocycles. The van der Waals surface area contributed by atoms with Crippen LogP contribution >= 0.6 is 0 Å². The van der Waals surface area contributed by atoms with Crippen LogP contribution < -0.4 is 5.73 Å². The Morgan fingerprint density at radius 3 is 2.92 bits per heavy atom. The van der Waals surface area contributed by atoms with E-state index in [0.717, 1.165) is 19.4 Å². The first-order chi connectivity index (χ1) is 5.79. The highest BCUT2D eigenvalue weighted by atomic mass is 16.1. The fraction of sp³-hybridized carbons (Fsp3) is 0.500. The SMILES string of the molecule is NC(=O)CCCCn1cccn1. The van der Waals surface area contributed by atoms with Gasteiger partial charge in [0.05, 0.1) is 0 Å². The highest BCUT2D eigenvalue weighted by Crippen LogP contribution is 1.97. The minimum Gasteiger partial charge on any atom is -0.370 e. The fourth-order valence-corrected chi connectivity index (χ4v) is 1.01. The molecule has 1 aromatic rings. The lowest BCUT2D eigenvalue weighted by Crippen LogP contribution is -2.10. The molecule has 2 N–H and O–H groups in total. The van der Waals surface area contributed by atoms with Crippen LogP contribution in [0, 0.1) is 0 Å². The molecule has 1 rings (SSSR count). The van der Waals surface area contributed by atoms with Gasteiger partial charge in [-0.2, -0.15) is 5.10 Å². The molecule has 0 unspecified atom stereocenters. The number of aryl methyl sites for hydroxylation is 1. The second kappa shape index (κ2) is 4.54. The molecule has 0 bridgehead atoms. The second-order valence-electron chi connectivity index (χ2n) is 2.69. The van der Waals surface area contributed by atoms with Gasteiger partial charge in [-0.25, -0.2) is 0 Å². The van der Waals surface area contributed by atoms with Crippen LogP contribution in [0.5, 0.6) is 0 Å². The van der Waals surface area contributed by atoms with E-state index in [1.54, 1.807) is 6.20 Å². The Hall–Kier alpha value is -1.32. The number of unbranched alkanes of at least 4 members (excludes halogenated alkanes) is 1. The number of primary amides is 1. The first kappa shape index (κ1) is 8.77. The van der Waals surface area contributed by atoms with Crippen molar-refractivity contribution in [2.75, 3.05) is 0 Å². The van der Waals surface area contributed by atoms with E-state index < -0.39 is 0 Å². The number of amides is 1. The maximum Gasteiger partial charge on any atom is 0.217 e. The van der Waals surface area contributed by atoms with Gasteiger partial charge < -0.3 is 5.73 Å². The van der Waals surface area contributed by atoms with Gasteiger partial charge in [-0.1, -0.05) is 0 Å². The van der Waals surface area contributed by atoms with Crippen LogP contribution in [0.25, 0.3) is 0 Å². The van der Waals surface area contributed by atoms with Gasteiger partial charge in [-0.15, -0.1) is 0 Å². The molecule has 0 aliphatic carbocycles. The molecule has 12 heavy (non-hydrogen) atoms. The third kappa shape index (κ3) is 3.18. The van der Waals surface area contributed by atoms with E-state index in [9.17, 15) is 4.79 Å². The summed E-state index contributed by atoms with van der Waals surface area (Å²) in [6, 6.07) is 1.88. The second-order valence-corrected chi connectivity index (χ2v) is 2.69. The molecule has 0 fully saturated rings. The van der Waals surface area contributed by atoms with Gasteiger partial charge in [0.25, 0.3) is 0 Å². The molecular weight excluding hydrogens is 154 g/mol. The van der Waals surface area contributed by atoms with Crippen molar-refractivity contribution in [3.63, 3.8) is 0 Å². The average molecular weight is 167 g/mol. The summed E-state index contributed by atoms with van der Waals surface area (Å²) in [6.07, 6.45) is 5.92. The Morgan fingerprint density at radius 1 is 1.50 bits per heavy atom. The van der Waals surface area contributed by atoms with Crippen molar-refractivity contribution >= 4 is 5.91 Å². The van der Waals surface area contributed by atoms with Gasteiger partial charge in [0, 0.05) is 25.4 Å². The van der Waals surface area contributed by atoms with Crippen LogP contribution in [0.2, 0.25) is 0 Å². The van der Waals surface area contributed by atoms with Crippen LogP contribution in [0.3, 0.4) is 0 Å².